The fourth-order valence-corrected chi connectivity index (χ4v) is 4.44. The largest absolute Gasteiger partial charge is 0.339 e. The highest BCUT2D eigenvalue weighted by molar-refractivity contribution is 7.92. The second kappa shape index (κ2) is 10.7. The zero-order valence-corrected chi connectivity index (χ0v) is 19.8. The average molecular weight is 506 g/mol. The molecular formula is C23H23Cl2N4O3S+. The Morgan fingerprint density at radius 2 is 1.39 bits per heavy atom. The number of nitrogens with two attached hydrogens (primary N) is 2. The maximum absolute atomic E-state index is 12.7. The molecule has 0 amide bonds. The van der Waals surface area contributed by atoms with Gasteiger partial charge in [-0.05, 0) is 53.1 Å². The molecule has 0 atom stereocenters. The van der Waals surface area contributed by atoms with E-state index >= 15 is 0 Å². The van der Waals surface area contributed by atoms with Crippen LogP contribution in [0.2, 0.25) is 10.0 Å². The fraction of sp³-hybridized carbons (Fsp3) is 0.130. The maximum Gasteiger partial charge on any atom is 0.339 e. The summed E-state index contributed by atoms with van der Waals surface area (Å²) in [4.78, 5) is 15.3. The monoisotopic (exact) mass is 505 g/mol. The molecule has 0 aliphatic rings. The number of rotatable bonds is 9. The molecule has 0 saturated heterocycles. The molecule has 0 heterocycles. The lowest BCUT2D eigenvalue weighted by atomic mass is 10.0. The van der Waals surface area contributed by atoms with Crippen LogP contribution in [0.3, 0.4) is 0 Å². The Kier molecular flexibility index (Phi) is 7.97. The molecule has 3 aromatic carbocycles. The summed E-state index contributed by atoms with van der Waals surface area (Å²) in [5.74, 6) is 0.0880. The highest BCUT2D eigenvalue weighted by Crippen LogP contribution is 2.23. The Morgan fingerprint density at radius 3 is 2.00 bits per heavy atom. The van der Waals surface area contributed by atoms with Crippen molar-refractivity contribution in [3.63, 3.8) is 0 Å². The number of hydrogen-bond donors (Lipinski definition) is 4. The summed E-state index contributed by atoms with van der Waals surface area (Å²) in [6.45, 7) is 0.431. The molecule has 10 heteroatoms. The molecule has 0 spiro atoms. The van der Waals surface area contributed by atoms with Crippen LogP contribution in [0.4, 0.5) is 5.69 Å². The standard InChI is InChI=1S/C23H22Cl2N4O3S/c24-21-10-5-17(13-22(21)25)12-19(30)11-15-3-8-20(9-4-15)33(31,32)29-18-6-1-16(2-7-18)14-28-23(26)27/h1-10,13,29H,11-12,14H2,(H4,26,27,28)/p+1. The van der Waals surface area contributed by atoms with Gasteiger partial charge in [-0.3, -0.25) is 26.0 Å². The van der Waals surface area contributed by atoms with Crippen LogP contribution in [0.5, 0.6) is 0 Å². The van der Waals surface area contributed by atoms with E-state index in [1.54, 1.807) is 54.6 Å². The first-order valence-corrected chi connectivity index (χ1v) is 12.1. The molecule has 0 aliphatic carbocycles. The van der Waals surface area contributed by atoms with Crippen LogP contribution in [-0.4, -0.2) is 20.2 Å². The Labute approximate surface area is 202 Å². The number of carbonyl (C=O) groups is 1. The van der Waals surface area contributed by atoms with Crippen molar-refractivity contribution in [3.8, 4) is 0 Å². The second-order valence-electron chi connectivity index (χ2n) is 7.40. The topological polar surface area (TPSA) is 129 Å². The molecule has 0 radical (unpaired) electrons. The summed E-state index contributed by atoms with van der Waals surface area (Å²) in [5.41, 5.74) is 13.5. The van der Waals surface area contributed by atoms with E-state index in [2.05, 4.69) is 9.71 Å². The van der Waals surface area contributed by atoms with Crippen molar-refractivity contribution in [2.75, 3.05) is 4.72 Å². The first kappa shape index (κ1) is 24.6. The van der Waals surface area contributed by atoms with Crippen LogP contribution >= 0.6 is 23.2 Å². The third kappa shape index (κ3) is 7.21. The number of Topliss-reactive ketones (excluding diaryl/α,β-unsaturated/α-hetero) is 1. The lowest BCUT2D eigenvalue weighted by molar-refractivity contribution is -0.477. The van der Waals surface area contributed by atoms with Gasteiger partial charge in [0, 0.05) is 18.5 Å². The molecule has 0 saturated carbocycles. The van der Waals surface area contributed by atoms with Crippen LogP contribution in [-0.2, 0) is 34.2 Å². The Balaban J connectivity index is 1.61. The molecule has 0 aliphatic heterocycles. The fourth-order valence-electron chi connectivity index (χ4n) is 3.06. The Hall–Kier alpha value is -3.07. The van der Waals surface area contributed by atoms with E-state index in [-0.39, 0.29) is 29.5 Å². The summed E-state index contributed by atoms with van der Waals surface area (Å²) in [6, 6.07) is 18.1. The van der Waals surface area contributed by atoms with Crippen LogP contribution in [0.1, 0.15) is 16.7 Å². The third-order valence-corrected chi connectivity index (χ3v) is 6.86. The number of nitrogens with one attached hydrogen (secondary N) is 2. The van der Waals surface area contributed by atoms with Crippen molar-refractivity contribution in [1.82, 2.24) is 0 Å². The molecule has 0 fully saturated rings. The first-order chi connectivity index (χ1) is 15.6. The van der Waals surface area contributed by atoms with Gasteiger partial charge < -0.3 is 0 Å². The van der Waals surface area contributed by atoms with Crippen molar-refractivity contribution in [2.24, 2.45) is 11.5 Å². The normalized spacial score (nSPS) is 11.1. The number of halogens is 2. The number of carbonyl (C=O) groups excluding carboxylic acids is 1. The summed E-state index contributed by atoms with van der Waals surface area (Å²) < 4.78 is 27.9. The van der Waals surface area contributed by atoms with Gasteiger partial charge in [0.15, 0.2) is 0 Å². The lowest BCUT2D eigenvalue weighted by Crippen LogP contribution is -2.76. The van der Waals surface area contributed by atoms with E-state index in [0.29, 0.717) is 27.8 Å². The van der Waals surface area contributed by atoms with Crippen molar-refractivity contribution in [3.05, 3.63) is 93.5 Å². The van der Waals surface area contributed by atoms with Gasteiger partial charge in [-0.15, -0.1) is 0 Å². The van der Waals surface area contributed by atoms with Crippen molar-refractivity contribution in [2.45, 2.75) is 24.3 Å². The number of hydrogen-bond acceptors (Lipinski definition) is 3. The van der Waals surface area contributed by atoms with Crippen LogP contribution in [0, 0.1) is 0 Å². The maximum atomic E-state index is 12.7. The smallest absolute Gasteiger partial charge is 0.299 e. The molecule has 3 aromatic rings. The van der Waals surface area contributed by atoms with E-state index in [4.69, 9.17) is 34.7 Å². The molecule has 0 unspecified atom stereocenters. The summed E-state index contributed by atoms with van der Waals surface area (Å²) >= 11 is 11.9. The SMILES string of the molecule is NC(N)=[NH+]Cc1ccc(NS(=O)(=O)c2ccc(CC(=O)Cc3ccc(Cl)c(Cl)c3)cc2)cc1. The molecule has 3 rings (SSSR count). The van der Waals surface area contributed by atoms with Crippen LogP contribution in [0.15, 0.2) is 71.6 Å². The predicted octanol–water partition coefficient (Wildman–Crippen LogP) is 2.00. The number of anilines is 1. The minimum atomic E-state index is -3.78. The van der Waals surface area contributed by atoms with Crippen molar-refractivity contribution in [1.29, 1.82) is 0 Å². The van der Waals surface area contributed by atoms with Gasteiger partial charge in [0.2, 0.25) is 0 Å². The van der Waals surface area contributed by atoms with Crippen molar-refractivity contribution >= 4 is 50.7 Å². The zero-order valence-electron chi connectivity index (χ0n) is 17.5. The molecule has 0 bridgehead atoms. The molecule has 33 heavy (non-hydrogen) atoms. The van der Waals surface area contributed by atoms with Crippen molar-refractivity contribution < 1.29 is 18.2 Å². The molecule has 0 aromatic heterocycles. The van der Waals surface area contributed by atoms with Gasteiger partial charge in [0.05, 0.1) is 21.5 Å². The lowest BCUT2D eigenvalue weighted by Gasteiger charge is -2.09. The number of benzene rings is 3. The van der Waals surface area contributed by atoms with Gasteiger partial charge in [-0.25, -0.2) is 8.42 Å². The minimum Gasteiger partial charge on any atom is -0.299 e. The van der Waals surface area contributed by atoms with E-state index in [1.807, 2.05) is 0 Å². The van der Waals surface area contributed by atoms with Crippen LogP contribution in [0.25, 0.3) is 0 Å². The quantitative estimate of drug-likeness (QED) is 0.261. The molecule has 172 valence electrons. The summed E-state index contributed by atoms with van der Waals surface area (Å²) in [6.07, 6.45) is 0.383. The first-order valence-electron chi connectivity index (χ1n) is 9.90. The summed E-state index contributed by atoms with van der Waals surface area (Å²) in [5, 5.41) is 0.829. The van der Waals surface area contributed by atoms with Gasteiger partial charge in [-0.1, -0.05) is 53.5 Å². The van der Waals surface area contributed by atoms with Gasteiger partial charge in [0.25, 0.3) is 10.0 Å². The average Bonchev–Trinajstić information content (AvgIpc) is 2.76. The van der Waals surface area contributed by atoms with E-state index in [1.165, 1.54) is 12.1 Å². The Morgan fingerprint density at radius 1 is 0.818 bits per heavy atom. The minimum absolute atomic E-state index is 0.0225. The second-order valence-corrected chi connectivity index (χ2v) is 9.89. The molecule has 7 nitrogen and oxygen atoms in total. The highest BCUT2D eigenvalue weighted by atomic mass is 35.5. The molecular weight excluding hydrogens is 483 g/mol. The number of ketones is 1. The van der Waals surface area contributed by atoms with E-state index in [0.717, 1.165) is 11.1 Å². The van der Waals surface area contributed by atoms with Crippen LogP contribution < -0.4 is 21.2 Å². The van der Waals surface area contributed by atoms with Gasteiger partial charge in [-0.2, -0.15) is 0 Å². The predicted molar refractivity (Wildman–Crippen MR) is 131 cm³/mol. The molecule has 6 N–H and O–H groups in total. The zero-order chi connectivity index (χ0) is 24.0. The van der Waals surface area contributed by atoms with Gasteiger partial charge in [0.1, 0.15) is 5.78 Å². The Bertz CT molecular complexity index is 1270. The van der Waals surface area contributed by atoms with Gasteiger partial charge >= 0.3 is 5.96 Å². The third-order valence-electron chi connectivity index (χ3n) is 4.72. The summed E-state index contributed by atoms with van der Waals surface area (Å²) in [7, 11) is -3.78. The number of sulfonamides is 1. The number of guanidine groups is 1. The van der Waals surface area contributed by atoms with E-state index < -0.39 is 10.0 Å². The highest BCUT2D eigenvalue weighted by Gasteiger charge is 2.15. The van der Waals surface area contributed by atoms with E-state index in [9.17, 15) is 13.2 Å².